The smallest absolute Gasteiger partial charge is 0.229 e. The van der Waals surface area contributed by atoms with Crippen molar-refractivity contribution in [2.75, 3.05) is 11.1 Å². The summed E-state index contributed by atoms with van der Waals surface area (Å²) in [5.74, 6) is 0.954. The zero-order chi connectivity index (χ0) is 25.0. The van der Waals surface area contributed by atoms with Crippen LogP contribution in [0.4, 0.5) is 11.6 Å². The van der Waals surface area contributed by atoms with Crippen molar-refractivity contribution < 1.29 is 4.79 Å². The van der Waals surface area contributed by atoms with Crippen molar-refractivity contribution in [3.8, 4) is 22.6 Å². The lowest BCUT2D eigenvalue weighted by molar-refractivity contribution is -0.117. The number of anilines is 2. The molecule has 5 heterocycles. The quantitative estimate of drug-likeness (QED) is 0.395. The van der Waals surface area contributed by atoms with E-state index >= 15 is 0 Å². The van der Waals surface area contributed by atoms with Crippen LogP contribution in [0.3, 0.4) is 0 Å². The molecule has 5 aromatic heterocycles. The molecule has 180 valence electrons. The highest BCUT2D eigenvalue weighted by molar-refractivity contribution is 5.98. The number of hydrogen-bond acceptors (Lipinski definition) is 7. The third-order valence-corrected chi connectivity index (χ3v) is 6.64. The number of nitrogen functional groups attached to an aromatic ring is 1. The number of fused-ring (bicyclic) bond motifs is 1. The molecular weight excluding hydrogens is 454 g/mol. The summed E-state index contributed by atoms with van der Waals surface area (Å²) in [6.07, 6.45) is 9.93. The maximum Gasteiger partial charge on any atom is 0.229 e. The third-order valence-electron chi connectivity index (χ3n) is 6.64. The Balaban J connectivity index is 1.26. The molecule has 10 nitrogen and oxygen atoms in total. The van der Waals surface area contributed by atoms with Crippen LogP contribution >= 0.6 is 0 Å². The van der Waals surface area contributed by atoms with Crippen LogP contribution in [0.1, 0.15) is 23.5 Å². The van der Waals surface area contributed by atoms with E-state index in [0.717, 1.165) is 45.3 Å². The van der Waals surface area contributed by atoms with Gasteiger partial charge in [-0.15, -0.1) is 0 Å². The van der Waals surface area contributed by atoms with E-state index in [1.807, 2.05) is 63.9 Å². The molecule has 1 amide bonds. The molecule has 1 fully saturated rings. The first-order chi connectivity index (χ1) is 17.4. The molecule has 0 aliphatic heterocycles. The first-order valence-corrected chi connectivity index (χ1v) is 11.7. The Morgan fingerprint density at radius 1 is 1.06 bits per heavy atom. The van der Waals surface area contributed by atoms with Gasteiger partial charge in [0.05, 0.1) is 17.6 Å². The van der Waals surface area contributed by atoms with Crippen molar-refractivity contribution in [1.82, 2.24) is 34.5 Å². The van der Waals surface area contributed by atoms with Crippen molar-refractivity contribution in [3.63, 3.8) is 0 Å². The lowest BCUT2D eigenvalue weighted by Gasteiger charge is -2.11. The topological polar surface area (TPSA) is 129 Å². The molecule has 0 saturated heterocycles. The van der Waals surface area contributed by atoms with Crippen LogP contribution in [0.15, 0.2) is 55.2 Å². The highest BCUT2D eigenvalue weighted by Crippen LogP contribution is 2.47. The summed E-state index contributed by atoms with van der Waals surface area (Å²) in [4.78, 5) is 26.4. The van der Waals surface area contributed by atoms with Gasteiger partial charge < -0.3 is 11.1 Å². The summed E-state index contributed by atoms with van der Waals surface area (Å²) >= 11 is 0. The summed E-state index contributed by atoms with van der Waals surface area (Å²) < 4.78 is 3.51. The van der Waals surface area contributed by atoms with Crippen LogP contribution in [-0.2, 0) is 18.9 Å². The second-order valence-corrected chi connectivity index (χ2v) is 9.33. The molecular formula is C26H25N9O. The number of nitrogens with zero attached hydrogens (tertiary/aromatic N) is 7. The Morgan fingerprint density at radius 3 is 2.64 bits per heavy atom. The monoisotopic (exact) mass is 479 g/mol. The van der Waals surface area contributed by atoms with Gasteiger partial charge in [-0.2, -0.15) is 10.2 Å². The minimum Gasteiger partial charge on any atom is -0.383 e. The molecule has 0 radical (unpaired) electrons. The lowest BCUT2D eigenvalue weighted by atomic mass is 10.0. The molecule has 0 aromatic carbocycles. The van der Waals surface area contributed by atoms with E-state index in [0.29, 0.717) is 17.3 Å². The molecule has 2 atom stereocenters. The number of carbonyl (C=O) groups is 1. The Bertz CT molecular complexity index is 1630. The van der Waals surface area contributed by atoms with Gasteiger partial charge in [0.15, 0.2) is 0 Å². The molecule has 10 heteroatoms. The van der Waals surface area contributed by atoms with Gasteiger partial charge in [-0.1, -0.05) is 0 Å². The third kappa shape index (κ3) is 3.96. The van der Waals surface area contributed by atoms with Gasteiger partial charge in [0.1, 0.15) is 17.3 Å². The number of rotatable bonds is 5. The zero-order valence-corrected chi connectivity index (χ0v) is 20.2. The predicted octanol–water partition coefficient (Wildman–Crippen LogP) is 3.46. The molecule has 1 aliphatic rings. The molecule has 36 heavy (non-hydrogen) atoms. The van der Waals surface area contributed by atoms with E-state index in [2.05, 4.69) is 30.5 Å². The molecule has 6 rings (SSSR count). The zero-order valence-electron chi connectivity index (χ0n) is 20.2. The number of pyridine rings is 3. The number of amides is 1. The molecule has 1 aliphatic carbocycles. The summed E-state index contributed by atoms with van der Waals surface area (Å²) in [6, 6.07) is 7.70. The molecule has 0 bridgehead atoms. The van der Waals surface area contributed by atoms with Crippen molar-refractivity contribution >= 4 is 28.3 Å². The minimum atomic E-state index is -0.0730. The summed E-state index contributed by atoms with van der Waals surface area (Å²) in [5.41, 5.74) is 11.6. The maximum absolute atomic E-state index is 12.8. The summed E-state index contributed by atoms with van der Waals surface area (Å²) in [5, 5.41) is 13.2. The number of hydrogen-bond donors (Lipinski definition) is 2. The summed E-state index contributed by atoms with van der Waals surface area (Å²) in [6.45, 7) is 2.01. The van der Waals surface area contributed by atoms with E-state index in [1.165, 1.54) is 0 Å². The van der Waals surface area contributed by atoms with Gasteiger partial charge in [0.2, 0.25) is 5.91 Å². The van der Waals surface area contributed by atoms with Crippen LogP contribution in [0.5, 0.6) is 0 Å². The Morgan fingerprint density at radius 2 is 1.92 bits per heavy atom. The van der Waals surface area contributed by atoms with E-state index in [4.69, 9.17) is 5.73 Å². The second kappa shape index (κ2) is 8.26. The van der Waals surface area contributed by atoms with E-state index in [9.17, 15) is 4.79 Å². The van der Waals surface area contributed by atoms with Crippen molar-refractivity contribution in [2.24, 2.45) is 20.0 Å². The normalized spacial score (nSPS) is 16.9. The van der Waals surface area contributed by atoms with E-state index < -0.39 is 0 Å². The largest absolute Gasteiger partial charge is 0.383 e. The number of aryl methyl sites for hydroxylation is 3. The Hall–Kier alpha value is -4.60. The number of carbonyl (C=O) groups excluding carboxylic acids is 1. The van der Waals surface area contributed by atoms with Crippen LogP contribution in [-0.4, -0.2) is 40.4 Å². The molecule has 1 saturated carbocycles. The Labute approximate surface area is 207 Å². The highest BCUT2D eigenvalue weighted by atomic mass is 16.2. The van der Waals surface area contributed by atoms with Gasteiger partial charge in [0.25, 0.3) is 0 Å². The number of nitrogens with one attached hydrogen (secondary N) is 1. The van der Waals surface area contributed by atoms with Gasteiger partial charge in [0, 0.05) is 55.8 Å². The maximum atomic E-state index is 12.8. The highest BCUT2D eigenvalue weighted by Gasteiger charge is 2.44. The van der Waals surface area contributed by atoms with Gasteiger partial charge in [-0.3, -0.25) is 19.1 Å². The average Bonchev–Trinajstić information content (AvgIpc) is 3.35. The molecule has 2 unspecified atom stereocenters. The van der Waals surface area contributed by atoms with Crippen LogP contribution < -0.4 is 11.1 Å². The van der Waals surface area contributed by atoms with Gasteiger partial charge in [-0.05, 0) is 60.0 Å². The fourth-order valence-electron chi connectivity index (χ4n) is 4.60. The molecule has 5 aromatic rings. The first-order valence-electron chi connectivity index (χ1n) is 11.7. The summed E-state index contributed by atoms with van der Waals surface area (Å²) in [7, 11) is 3.75. The second-order valence-electron chi connectivity index (χ2n) is 9.33. The van der Waals surface area contributed by atoms with Gasteiger partial charge in [-0.25, -0.2) is 9.97 Å². The van der Waals surface area contributed by atoms with Crippen molar-refractivity contribution in [3.05, 3.63) is 66.4 Å². The van der Waals surface area contributed by atoms with E-state index in [-0.39, 0.29) is 17.7 Å². The first kappa shape index (κ1) is 21.9. The van der Waals surface area contributed by atoms with E-state index in [1.54, 1.807) is 21.8 Å². The lowest BCUT2D eigenvalue weighted by Crippen LogP contribution is -2.15. The van der Waals surface area contributed by atoms with Crippen LogP contribution in [0, 0.1) is 12.8 Å². The van der Waals surface area contributed by atoms with Crippen LogP contribution in [0.2, 0.25) is 0 Å². The molecule has 3 N–H and O–H groups in total. The SMILES string of the molecule is Cc1cc(-c2ccn(C)n2)ncc1-c1cc2cc(NC(=O)C3CC3c3cnn(C)c3)ncc2c(N)n1. The standard InChI is InChI=1S/C26H25N9O/c1-14-6-23(21-4-5-34(2)33-21)28-11-19(14)22-7-15-8-24(29-12-20(15)25(27)31-22)32-26(36)18-9-17(18)16-10-30-35(3)13-16/h4-8,10-13,17-18H,9H2,1-3H3,(H2,27,31)(H,29,32,36). The van der Waals surface area contributed by atoms with Crippen molar-refractivity contribution in [2.45, 2.75) is 19.3 Å². The van der Waals surface area contributed by atoms with Crippen molar-refractivity contribution in [1.29, 1.82) is 0 Å². The molecule has 0 spiro atoms. The fraction of sp³-hybridized carbons (Fsp3) is 0.231. The Kier molecular flexibility index (Phi) is 5.03. The number of nitrogens with two attached hydrogens (primary N) is 1. The number of aromatic nitrogens is 7. The average molecular weight is 480 g/mol. The van der Waals surface area contributed by atoms with Crippen LogP contribution in [0.25, 0.3) is 33.4 Å². The predicted molar refractivity (Wildman–Crippen MR) is 137 cm³/mol. The van der Waals surface area contributed by atoms with Gasteiger partial charge >= 0.3 is 0 Å². The minimum absolute atomic E-state index is 0.0388. The fourth-order valence-corrected chi connectivity index (χ4v) is 4.60.